The van der Waals surface area contributed by atoms with E-state index >= 15 is 0 Å². The molecule has 0 radical (unpaired) electrons. The lowest BCUT2D eigenvalue weighted by molar-refractivity contribution is -0.121. The molecule has 0 bridgehead atoms. The van der Waals surface area contributed by atoms with Crippen LogP contribution in [-0.2, 0) is 27.7 Å². The van der Waals surface area contributed by atoms with Crippen LogP contribution in [0, 0.1) is 0 Å². The van der Waals surface area contributed by atoms with Gasteiger partial charge in [-0.05, 0) is 49.1 Å². The molecule has 0 spiro atoms. The Hall–Kier alpha value is -2.25. The minimum atomic E-state index is -3.42. The monoisotopic (exact) mass is 415 g/mol. The summed E-state index contributed by atoms with van der Waals surface area (Å²) >= 11 is 0. The van der Waals surface area contributed by atoms with Crippen LogP contribution in [0.25, 0.3) is 0 Å². The topological polar surface area (TPSA) is 79.4 Å². The van der Waals surface area contributed by atoms with Crippen molar-refractivity contribution >= 4 is 15.9 Å². The third kappa shape index (κ3) is 6.37. The van der Waals surface area contributed by atoms with Gasteiger partial charge in [-0.2, -0.15) is 4.31 Å². The predicted octanol–water partition coefficient (Wildman–Crippen LogP) is 2.94. The Labute approximate surface area is 173 Å². The molecular formula is C22H29N3O3S. The second kappa shape index (κ2) is 10.5. The molecule has 7 heteroatoms. The lowest BCUT2D eigenvalue weighted by Gasteiger charge is -2.20. The summed E-state index contributed by atoms with van der Waals surface area (Å²) in [5.41, 5.74) is 1.91. The summed E-state index contributed by atoms with van der Waals surface area (Å²) in [5, 5.41) is 2.90. The normalized spacial score (nSPS) is 15.6. The number of aromatic nitrogens is 1. The molecule has 3 rings (SSSR count). The van der Waals surface area contributed by atoms with Crippen LogP contribution >= 0.6 is 0 Å². The van der Waals surface area contributed by atoms with E-state index in [1.54, 1.807) is 22.6 Å². The van der Waals surface area contributed by atoms with Crippen molar-refractivity contribution in [2.75, 3.05) is 19.6 Å². The molecule has 1 aliphatic heterocycles. The van der Waals surface area contributed by atoms with Gasteiger partial charge in [0.2, 0.25) is 15.9 Å². The van der Waals surface area contributed by atoms with Crippen LogP contribution in [0.5, 0.6) is 0 Å². The number of nitrogens with one attached hydrogen (secondary N) is 1. The summed E-state index contributed by atoms with van der Waals surface area (Å²) < 4.78 is 27.2. The molecule has 156 valence electrons. The molecule has 6 nitrogen and oxygen atoms in total. The molecular weight excluding hydrogens is 386 g/mol. The van der Waals surface area contributed by atoms with Gasteiger partial charge in [0.05, 0.1) is 4.90 Å². The highest BCUT2D eigenvalue weighted by Gasteiger charge is 2.24. The molecule has 2 heterocycles. The molecule has 1 aromatic heterocycles. The number of hydrogen-bond acceptors (Lipinski definition) is 4. The van der Waals surface area contributed by atoms with E-state index in [0.29, 0.717) is 43.8 Å². The van der Waals surface area contributed by atoms with Crippen LogP contribution in [0.15, 0.2) is 53.6 Å². The molecule has 1 amide bonds. The summed E-state index contributed by atoms with van der Waals surface area (Å²) in [6.45, 7) is 1.76. The van der Waals surface area contributed by atoms with Crippen LogP contribution in [0.4, 0.5) is 0 Å². The summed E-state index contributed by atoms with van der Waals surface area (Å²) in [6.07, 6.45) is 7.44. The van der Waals surface area contributed by atoms with E-state index in [4.69, 9.17) is 0 Å². The number of rotatable bonds is 8. The number of nitrogens with zero attached hydrogens (tertiary/aromatic N) is 2. The van der Waals surface area contributed by atoms with Crippen molar-refractivity contribution in [1.82, 2.24) is 14.6 Å². The zero-order valence-electron chi connectivity index (χ0n) is 16.7. The van der Waals surface area contributed by atoms with Crippen molar-refractivity contribution < 1.29 is 13.2 Å². The van der Waals surface area contributed by atoms with E-state index < -0.39 is 10.0 Å². The number of sulfonamides is 1. The van der Waals surface area contributed by atoms with Gasteiger partial charge in [0, 0.05) is 44.4 Å². The van der Waals surface area contributed by atoms with Crippen LogP contribution in [0.3, 0.4) is 0 Å². The van der Waals surface area contributed by atoms with E-state index in [1.165, 1.54) is 0 Å². The fourth-order valence-corrected chi connectivity index (χ4v) is 5.00. The minimum Gasteiger partial charge on any atom is -0.356 e. The van der Waals surface area contributed by atoms with Crippen LogP contribution in [0.1, 0.15) is 43.4 Å². The van der Waals surface area contributed by atoms with Gasteiger partial charge in [0.25, 0.3) is 0 Å². The van der Waals surface area contributed by atoms with Crippen molar-refractivity contribution in [3.05, 3.63) is 59.9 Å². The van der Waals surface area contributed by atoms with E-state index in [-0.39, 0.29) is 5.91 Å². The number of amides is 1. The first-order valence-electron chi connectivity index (χ1n) is 10.3. The molecule has 29 heavy (non-hydrogen) atoms. The predicted molar refractivity (Wildman–Crippen MR) is 113 cm³/mol. The molecule has 0 saturated carbocycles. The summed E-state index contributed by atoms with van der Waals surface area (Å²) in [7, 11) is -3.42. The number of pyridine rings is 1. The van der Waals surface area contributed by atoms with Gasteiger partial charge < -0.3 is 5.32 Å². The Morgan fingerprint density at radius 1 is 0.966 bits per heavy atom. The van der Waals surface area contributed by atoms with E-state index in [1.807, 2.05) is 30.3 Å². The first-order valence-corrected chi connectivity index (χ1v) is 11.8. The molecule has 0 aliphatic carbocycles. The van der Waals surface area contributed by atoms with Gasteiger partial charge in [0.15, 0.2) is 0 Å². The smallest absolute Gasteiger partial charge is 0.243 e. The van der Waals surface area contributed by atoms with E-state index in [0.717, 1.165) is 36.9 Å². The zero-order valence-corrected chi connectivity index (χ0v) is 17.5. The van der Waals surface area contributed by atoms with Crippen LogP contribution < -0.4 is 5.32 Å². The largest absolute Gasteiger partial charge is 0.356 e. The first-order chi connectivity index (χ1) is 14.1. The summed E-state index contributed by atoms with van der Waals surface area (Å²) in [4.78, 5) is 16.6. The molecule has 1 aliphatic rings. The fraction of sp³-hybridized carbons (Fsp3) is 0.455. The lowest BCUT2D eigenvalue weighted by Crippen LogP contribution is -2.31. The summed E-state index contributed by atoms with van der Waals surface area (Å²) in [6, 6.07) is 12.7. The van der Waals surface area contributed by atoms with Gasteiger partial charge in [0.1, 0.15) is 0 Å². The van der Waals surface area contributed by atoms with Gasteiger partial charge >= 0.3 is 0 Å². The SMILES string of the molecule is O=C(CCc1ccc(S(=O)(=O)N2CCCCCC2)cc1)NCCc1ccccn1. The van der Waals surface area contributed by atoms with Crippen molar-refractivity contribution in [1.29, 1.82) is 0 Å². The van der Waals surface area contributed by atoms with Crippen molar-refractivity contribution in [2.45, 2.75) is 49.8 Å². The number of benzene rings is 1. The second-order valence-corrected chi connectivity index (χ2v) is 9.32. The molecule has 2 aromatic rings. The average molecular weight is 416 g/mol. The minimum absolute atomic E-state index is 0.0119. The van der Waals surface area contributed by atoms with E-state index in [9.17, 15) is 13.2 Å². The fourth-order valence-electron chi connectivity index (χ4n) is 3.48. The highest BCUT2D eigenvalue weighted by atomic mass is 32.2. The molecule has 1 aromatic carbocycles. The highest BCUT2D eigenvalue weighted by molar-refractivity contribution is 7.89. The third-order valence-electron chi connectivity index (χ3n) is 5.20. The number of hydrogen-bond donors (Lipinski definition) is 1. The second-order valence-electron chi connectivity index (χ2n) is 7.38. The molecule has 0 unspecified atom stereocenters. The van der Waals surface area contributed by atoms with Crippen molar-refractivity contribution in [3.8, 4) is 0 Å². The number of aryl methyl sites for hydroxylation is 1. The van der Waals surface area contributed by atoms with Gasteiger partial charge in [-0.3, -0.25) is 9.78 Å². The Morgan fingerprint density at radius 2 is 1.69 bits per heavy atom. The molecule has 1 N–H and O–H groups in total. The Balaban J connectivity index is 1.46. The van der Waals surface area contributed by atoms with Gasteiger partial charge in [-0.1, -0.05) is 31.0 Å². The Kier molecular flexibility index (Phi) is 7.77. The lowest BCUT2D eigenvalue weighted by atomic mass is 10.1. The maximum Gasteiger partial charge on any atom is 0.243 e. The average Bonchev–Trinajstić information content (AvgIpc) is 3.04. The third-order valence-corrected chi connectivity index (χ3v) is 7.11. The van der Waals surface area contributed by atoms with Crippen LogP contribution in [-0.4, -0.2) is 43.2 Å². The number of carbonyl (C=O) groups excluding carboxylic acids is 1. The molecule has 1 fully saturated rings. The first kappa shape index (κ1) is 21.5. The van der Waals surface area contributed by atoms with Crippen LogP contribution in [0.2, 0.25) is 0 Å². The summed E-state index contributed by atoms with van der Waals surface area (Å²) in [5.74, 6) is -0.0119. The molecule has 1 saturated heterocycles. The maximum absolute atomic E-state index is 12.8. The quantitative estimate of drug-likeness (QED) is 0.719. The Morgan fingerprint density at radius 3 is 2.34 bits per heavy atom. The van der Waals surface area contributed by atoms with Crippen molar-refractivity contribution in [3.63, 3.8) is 0 Å². The maximum atomic E-state index is 12.8. The number of carbonyl (C=O) groups is 1. The zero-order chi connectivity index (χ0) is 20.5. The highest BCUT2D eigenvalue weighted by Crippen LogP contribution is 2.21. The van der Waals surface area contributed by atoms with Crippen molar-refractivity contribution in [2.24, 2.45) is 0 Å². The van der Waals surface area contributed by atoms with Gasteiger partial charge in [-0.15, -0.1) is 0 Å². The van der Waals surface area contributed by atoms with E-state index in [2.05, 4.69) is 10.3 Å². The molecule has 0 atom stereocenters. The Bertz CT molecular complexity index is 875. The van der Waals surface area contributed by atoms with Gasteiger partial charge in [-0.25, -0.2) is 8.42 Å². The standard InChI is InChI=1S/C22H29N3O3S/c26-22(24-16-14-20-7-3-4-15-23-20)13-10-19-8-11-21(12-9-19)29(27,28)25-17-5-1-2-6-18-25/h3-4,7-9,11-12,15H,1-2,5-6,10,13-14,16-18H2,(H,24,26).